The Morgan fingerprint density at radius 1 is 1.20 bits per heavy atom. The van der Waals surface area contributed by atoms with Crippen molar-refractivity contribution in [3.05, 3.63) is 51.9 Å². The lowest BCUT2D eigenvalue weighted by Gasteiger charge is -2.17. The van der Waals surface area contributed by atoms with E-state index >= 15 is 0 Å². The largest absolute Gasteiger partial charge is 0.316 e. The predicted octanol–water partition coefficient (Wildman–Crippen LogP) is 4.66. The minimum Gasteiger partial charge on any atom is -0.316 e. The van der Waals surface area contributed by atoms with Crippen LogP contribution in [0.2, 0.25) is 0 Å². The molecule has 1 heterocycles. The van der Waals surface area contributed by atoms with Gasteiger partial charge in [-0.05, 0) is 34.1 Å². The Balaban J connectivity index is 1.91. The fourth-order valence-corrected chi connectivity index (χ4v) is 4.15. The molecule has 0 bridgehead atoms. The normalized spacial score (nSPS) is 10.8. The Labute approximate surface area is 156 Å². The minimum absolute atomic E-state index is 0.113. The van der Waals surface area contributed by atoms with Gasteiger partial charge in [0.05, 0.1) is 22.9 Å². The summed E-state index contributed by atoms with van der Waals surface area (Å²) < 4.78 is 0. The Morgan fingerprint density at radius 2 is 1.88 bits per heavy atom. The molecule has 2 rings (SSSR count). The van der Waals surface area contributed by atoms with E-state index in [0.717, 1.165) is 11.1 Å². The van der Waals surface area contributed by atoms with Crippen molar-refractivity contribution in [1.29, 1.82) is 10.5 Å². The van der Waals surface area contributed by atoms with Crippen LogP contribution in [0.5, 0.6) is 0 Å². The molecule has 4 nitrogen and oxygen atoms in total. The summed E-state index contributed by atoms with van der Waals surface area (Å²) in [7, 11) is 0. The topological polar surface area (TPSA) is 76.7 Å². The highest BCUT2D eigenvalue weighted by Crippen LogP contribution is 2.35. The van der Waals surface area contributed by atoms with Crippen LogP contribution >= 0.6 is 23.1 Å². The molecule has 0 fully saturated rings. The monoisotopic (exact) mass is 369 g/mol. The standard InChI is InChI=1S/C19H19N3OS2/c1-19(2,3)16-11-25-18(15(16)9-21)22-17(23)12-24-10-14-6-4-13(8-20)5-7-14/h4-7,11H,10,12H2,1-3H3,(H,22,23). The maximum Gasteiger partial charge on any atom is 0.235 e. The number of nitrogens with zero attached hydrogens (tertiary/aromatic N) is 2. The van der Waals surface area contributed by atoms with E-state index in [-0.39, 0.29) is 11.3 Å². The molecule has 1 aromatic heterocycles. The van der Waals surface area contributed by atoms with E-state index in [2.05, 4.69) is 38.2 Å². The van der Waals surface area contributed by atoms with Gasteiger partial charge in [-0.2, -0.15) is 10.5 Å². The van der Waals surface area contributed by atoms with E-state index in [9.17, 15) is 10.1 Å². The second-order valence-corrected chi connectivity index (χ2v) is 8.43. The number of anilines is 1. The highest BCUT2D eigenvalue weighted by molar-refractivity contribution is 7.99. The number of nitriles is 2. The van der Waals surface area contributed by atoms with Gasteiger partial charge < -0.3 is 5.32 Å². The molecule has 0 unspecified atom stereocenters. The van der Waals surface area contributed by atoms with Crippen LogP contribution < -0.4 is 5.32 Å². The number of thiophene rings is 1. The zero-order valence-corrected chi connectivity index (χ0v) is 16.1. The second-order valence-electron chi connectivity index (χ2n) is 6.57. The van der Waals surface area contributed by atoms with Crippen LogP contribution in [0, 0.1) is 22.7 Å². The molecule has 0 atom stereocenters. The van der Waals surface area contributed by atoms with E-state index in [1.54, 1.807) is 12.1 Å². The molecule has 2 aromatic rings. The first kappa shape index (κ1) is 19.1. The first-order valence-corrected chi connectivity index (χ1v) is 9.77. The van der Waals surface area contributed by atoms with Gasteiger partial charge >= 0.3 is 0 Å². The van der Waals surface area contributed by atoms with E-state index in [0.29, 0.717) is 27.6 Å². The molecule has 0 spiro atoms. The van der Waals surface area contributed by atoms with Gasteiger partial charge in [0.1, 0.15) is 11.1 Å². The van der Waals surface area contributed by atoms with Gasteiger partial charge in [0.2, 0.25) is 5.91 Å². The molecule has 0 aliphatic carbocycles. The van der Waals surface area contributed by atoms with Gasteiger partial charge in [0.25, 0.3) is 0 Å². The highest BCUT2D eigenvalue weighted by Gasteiger charge is 2.23. The molecule has 0 radical (unpaired) electrons. The van der Waals surface area contributed by atoms with Crippen molar-refractivity contribution >= 4 is 34.0 Å². The zero-order valence-electron chi connectivity index (χ0n) is 14.4. The smallest absolute Gasteiger partial charge is 0.235 e. The van der Waals surface area contributed by atoms with Crippen molar-refractivity contribution < 1.29 is 4.79 Å². The van der Waals surface area contributed by atoms with Crippen molar-refractivity contribution in [1.82, 2.24) is 0 Å². The number of carbonyl (C=O) groups is 1. The van der Waals surface area contributed by atoms with Gasteiger partial charge in [-0.25, -0.2) is 0 Å². The van der Waals surface area contributed by atoms with Crippen LogP contribution in [-0.2, 0) is 16.0 Å². The third-order valence-corrected chi connectivity index (χ3v) is 5.45. The van der Waals surface area contributed by atoms with E-state index in [1.165, 1.54) is 23.1 Å². The lowest BCUT2D eigenvalue weighted by Crippen LogP contribution is -2.15. The average Bonchev–Trinajstić information content (AvgIpc) is 2.98. The van der Waals surface area contributed by atoms with E-state index < -0.39 is 0 Å². The van der Waals surface area contributed by atoms with Crippen LogP contribution in [0.25, 0.3) is 0 Å². The third kappa shape index (κ3) is 5.09. The number of benzene rings is 1. The molecule has 1 N–H and O–H groups in total. The van der Waals surface area contributed by atoms with Crippen molar-refractivity contribution in [3.63, 3.8) is 0 Å². The van der Waals surface area contributed by atoms with Gasteiger partial charge in [-0.1, -0.05) is 32.9 Å². The Bertz CT molecular complexity index is 834. The Morgan fingerprint density at radius 3 is 2.44 bits per heavy atom. The molecule has 0 saturated heterocycles. The minimum atomic E-state index is -0.130. The summed E-state index contributed by atoms with van der Waals surface area (Å²) in [5.41, 5.74) is 3.08. The predicted molar refractivity (Wildman–Crippen MR) is 104 cm³/mol. The number of amides is 1. The third-order valence-electron chi connectivity index (χ3n) is 3.55. The first-order valence-electron chi connectivity index (χ1n) is 7.74. The number of carbonyl (C=O) groups excluding carboxylic acids is 1. The number of hydrogen-bond acceptors (Lipinski definition) is 5. The highest BCUT2D eigenvalue weighted by atomic mass is 32.2. The van der Waals surface area contributed by atoms with Gasteiger partial charge in [0, 0.05) is 5.75 Å². The molecule has 1 aromatic carbocycles. The number of hydrogen-bond donors (Lipinski definition) is 1. The summed E-state index contributed by atoms with van der Waals surface area (Å²) in [6.45, 7) is 6.15. The molecular formula is C19H19N3OS2. The Hall–Kier alpha value is -2.28. The molecule has 1 amide bonds. The average molecular weight is 370 g/mol. The lowest BCUT2D eigenvalue weighted by molar-refractivity contribution is -0.113. The van der Waals surface area contributed by atoms with Gasteiger partial charge in [-0.15, -0.1) is 23.1 Å². The Kier molecular flexibility index (Phi) is 6.25. The summed E-state index contributed by atoms with van der Waals surface area (Å²) in [6.07, 6.45) is 0. The first-order chi connectivity index (χ1) is 11.8. The molecule has 0 aliphatic rings. The summed E-state index contributed by atoms with van der Waals surface area (Å²) in [4.78, 5) is 12.2. The summed E-state index contributed by atoms with van der Waals surface area (Å²) in [6, 6.07) is 11.6. The van der Waals surface area contributed by atoms with Crippen molar-refractivity contribution in [2.75, 3.05) is 11.1 Å². The molecular weight excluding hydrogens is 350 g/mol. The molecule has 0 aliphatic heterocycles. The molecule has 0 saturated carbocycles. The summed E-state index contributed by atoms with van der Waals surface area (Å²) in [5, 5.41) is 23.6. The van der Waals surface area contributed by atoms with Crippen molar-refractivity contribution in [3.8, 4) is 12.1 Å². The maximum absolute atomic E-state index is 12.2. The quantitative estimate of drug-likeness (QED) is 0.831. The van der Waals surface area contributed by atoms with Crippen LogP contribution in [-0.4, -0.2) is 11.7 Å². The van der Waals surface area contributed by atoms with Gasteiger partial charge in [0.15, 0.2) is 0 Å². The number of thioether (sulfide) groups is 1. The lowest BCUT2D eigenvalue weighted by atomic mass is 9.86. The summed E-state index contributed by atoms with van der Waals surface area (Å²) in [5.74, 6) is 0.896. The second kappa shape index (κ2) is 8.20. The van der Waals surface area contributed by atoms with Crippen LogP contribution in [0.3, 0.4) is 0 Å². The molecule has 128 valence electrons. The number of nitrogens with one attached hydrogen (secondary N) is 1. The van der Waals surface area contributed by atoms with Gasteiger partial charge in [-0.3, -0.25) is 4.79 Å². The number of rotatable bonds is 5. The molecule has 6 heteroatoms. The van der Waals surface area contributed by atoms with Crippen molar-refractivity contribution in [2.45, 2.75) is 31.9 Å². The van der Waals surface area contributed by atoms with E-state index in [4.69, 9.17) is 5.26 Å². The maximum atomic E-state index is 12.2. The fourth-order valence-electron chi connectivity index (χ4n) is 2.21. The van der Waals surface area contributed by atoms with Crippen molar-refractivity contribution in [2.24, 2.45) is 0 Å². The van der Waals surface area contributed by atoms with Crippen LogP contribution in [0.15, 0.2) is 29.6 Å². The molecule has 25 heavy (non-hydrogen) atoms. The van der Waals surface area contributed by atoms with Crippen LogP contribution in [0.4, 0.5) is 5.00 Å². The van der Waals surface area contributed by atoms with Crippen LogP contribution in [0.1, 0.15) is 43.0 Å². The fraction of sp³-hybridized carbons (Fsp3) is 0.316. The summed E-state index contributed by atoms with van der Waals surface area (Å²) >= 11 is 2.90. The van der Waals surface area contributed by atoms with E-state index in [1.807, 2.05) is 17.5 Å². The zero-order chi connectivity index (χ0) is 18.4. The SMILES string of the molecule is CC(C)(C)c1csc(NC(=O)CSCc2ccc(C#N)cc2)c1C#N.